The lowest BCUT2D eigenvalue weighted by molar-refractivity contribution is -0.154. The highest BCUT2D eigenvalue weighted by molar-refractivity contribution is 6.17. The van der Waals surface area contributed by atoms with E-state index in [9.17, 15) is 4.79 Å². The Bertz CT molecular complexity index is 1220. The summed E-state index contributed by atoms with van der Waals surface area (Å²) in [7, 11) is 3.25. The molecule has 1 aromatic carbocycles. The van der Waals surface area contributed by atoms with E-state index in [4.69, 9.17) is 29.3 Å². The summed E-state index contributed by atoms with van der Waals surface area (Å²) in [5, 5.41) is 4.92. The minimum absolute atomic E-state index is 0.236. The van der Waals surface area contributed by atoms with Crippen LogP contribution in [0.1, 0.15) is 82.5 Å². The lowest BCUT2D eigenvalue weighted by Crippen LogP contribution is -2.24. The Morgan fingerprint density at radius 2 is 1.81 bits per heavy atom. The molecule has 0 radical (unpaired) electrons. The summed E-state index contributed by atoms with van der Waals surface area (Å²) in [6.45, 7) is 13.7. The maximum Gasteiger partial charge on any atom is 0.306 e. The van der Waals surface area contributed by atoms with Gasteiger partial charge in [-0.25, -0.2) is 4.99 Å². The van der Waals surface area contributed by atoms with Crippen molar-refractivity contribution in [2.75, 3.05) is 20.8 Å². The summed E-state index contributed by atoms with van der Waals surface area (Å²) in [5.74, 6) is 1.76. The second-order valence-corrected chi connectivity index (χ2v) is 11.6. The average molecular weight is 509 g/mol. The Balaban J connectivity index is 1.60. The molecule has 2 aliphatic rings. The number of esters is 1. The minimum Gasteiger partial charge on any atom is -0.496 e. The number of fused-ring (bicyclic) bond motifs is 1. The number of amidine groups is 1. The zero-order valence-corrected chi connectivity index (χ0v) is 23.5. The van der Waals surface area contributed by atoms with Crippen LogP contribution in [0, 0.1) is 5.41 Å². The van der Waals surface area contributed by atoms with Crippen LogP contribution in [0.25, 0.3) is 0 Å². The van der Waals surface area contributed by atoms with E-state index in [0.717, 1.165) is 48.3 Å². The molecule has 4 rings (SSSR count). The summed E-state index contributed by atoms with van der Waals surface area (Å²) in [6, 6.07) is 3.90. The van der Waals surface area contributed by atoms with Crippen molar-refractivity contribution in [3.8, 4) is 11.5 Å². The molecular weight excluding hydrogens is 468 g/mol. The van der Waals surface area contributed by atoms with Gasteiger partial charge in [-0.3, -0.25) is 14.5 Å². The summed E-state index contributed by atoms with van der Waals surface area (Å²) in [5.41, 5.74) is 5.85. The Labute approximate surface area is 220 Å². The second-order valence-electron chi connectivity index (χ2n) is 11.6. The molecule has 2 aromatic rings. The highest BCUT2D eigenvalue weighted by Crippen LogP contribution is 2.37. The predicted molar refractivity (Wildman–Crippen MR) is 145 cm³/mol. The smallest absolute Gasteiger partial charge is 0.306 e. The van der Waals surface area contributed by atoms with E-state index < -0.39 is 5.60 Å². The third-order valence-electron chi connectivity index (χ3n) is 6.94. The maximum atomic E-state index is 12.3. The number of carbonyl (C=O) groups excluding carboxylic acids is 1. The van der Waals surface area contributed by atoms with Gasteiger partial charge in [0.1, 0.15) is 22.8 Å². The molecule has 0 bridgehead atoms. The van der Waals surface area contributed by atoms with E-state index in [1.165, 1.54) is 11.3 Å². The average Bonchev–Trinajstić information content (AvgIpc) is 3.45. The monoisotopic (exact) mass is 508 g/mol. The molecule has 0 saturated carbocycles. The van der Waals surface area contributed by atoms with Crippen LogP contribution in [0.2, 0.25) is 0 Å². The molecule has 8 nitrogen and oxygen atoms in total. The quantitative estimate of drug-likeness (QED) is 0.471. The van der Waals surface area contributed by atoms with Gasteiger partial charge >= 0.3 is 5.97 Å². The number of ether oxygens (including phenoxy) is 3. The second kappa shape index (κ2) is 10.3. The van der Waals surface area contributed by atoms with Gasteiger partial charge in [-0.05, 0) is 70.9 Å². The van der Waals surface area contributed by atoms with Crippen LogP contribution >= 0.6 is 0 Å². The number of aliphatic imine (C=N–C) groups is 2. The van der Waals surface area contributed by atoms with Gasteiger partial charge in [-0.2, -0.15) is 5.10 Å². The van der Waals surface area contributed by atoms with Crippen molar-refractivity contribution in [2.24, 2.45) is 15.4 Å². The van der Waals surface area contributed by atoms with Gasteiger partial charge in [0, 0.05) is 35.3 Å². The Morgan fingerprint density at radius 1 is 1.14 bits per heavy atom. The lowest BCUT2D eigenvalue weighted by atomic mass is 9.76. The molecule has 0 unspecified atom stereocenters. The molecule has 0 spiro atoms. The number of benzene rings is 1. The standard InChI is InChI=1S/C29H40N4O4/c1-9-33-22-16-29(5,6)13-12-19(22)26(32-33)27-30-17-21(31-27)18-14-23(35-7)20(24(15-18)36-8)10-11-25(34)37-28(2,3)4/h14-15H,9-13,16-17H2,1-8H3. The molecule has 0 amide bonds. The van der Waals surface area contributed by atoms with Crippen LogP contribution in [-0.4, -0.2) is 53.7 Å². The third-order valence-corrected chi connectivity index (χ3v) is 6.94. The number of aromatic nitrogens is 2. The van der Waals surface area contributed by atoms with Crippen LogP contribution in [-0.2, 0) is 35.3 Å². The van der Waals surface area contributed by atoms with Crippen LogP contribution in [0.5, 0.6) is 11.5 Å². The summed E-state index contributed by atoms with van der Waals surface area (Å²) in [4.78, 5) is 22.0. The van der Waals surface area contributed by atoms with E-state index >= 15 is 0 Å². The molecule has 37 heavy (non-hydrogen) atoms. The molecule has 1 aliphatic heterocycles. The molecule has 0 fully saturated rings. The SMILES string of the molecule is CCn1nc(C2=NCC(c3cc(OC)c(CCC(=O)OC(C)(C)C)c(OC)c3)=N2)c2c1CC(C)(C)CC2. The third kappa shape index (κ3) is 5.89. The fourth-order valence-corrected chi connectivity index (χ4v) is 5.09. The van der Waals surface area contributed by atoms with E-state index in [1.54, 1.807) is 14.2 Å². The number of rotatable bonds is 8. The Kier molecular flexibility index (Phi) is 7.49. The van der Waals surface area contributed by atoms with Crippen molar-refractivity contribution in [2.45, 2.75) is 85.8 Å². The topological polar surface area (TPSA) is 87.3 Å². The maximum absolute atomic E-state index is 12.3. The van der Waals surface area contributed by atoms with Crippen LogP contribution in [0.4, 0.5) is 0 Å². The predicted octanol–water partition coefficient (Wildman–Crippen LogP) is 4.96. The first-order valence-electron chi connectivity index (χ1n) is 13.1. The largest absolute Gasteiger partial charge is 0.496 e. The number of aryl methyl sites for hydroxylation is 1. The first-order chi connectivity index (χ1) is 17.4. The summed E-state index contributed by atoms with van der Waals surface area (Å²) < 4.78 is 19.0. The van der Waals surface area contributed by atoms with Crippen molar-refractivity contribution in [3.05, 3.63) is 40.2 Å². The van der Waals surface area contributed by atoms with Crippen molar-refractivity contribution in [3.63, 3.8) is 0 Å². The van der Waals surface area contributed by atoms with Crippen LogP contribution < -0.4 is 9.47 Å². The van der Waals surface area contributed by atoms with Crippen molar-refractivity contribution >= 4 is 17.5 Å². The van der Waals surface area contributed by atoms with Gasteiger partial charge in [0.05, 0.1) is 26.5 Å². The zero-order chi connectivity index (χ0) is 27.0. The molecule has 0 atom stereocenters. The number of carbonyl (C=O) groups is 1. The first-order valence-corrected chi connectivity index (χ1v) is 13.1. The van der Waals surface area contributed by atoms with Crippen molar-refractivity contribution in [1.29, 1.82) is 0 Å². The molecule has 200 valence electrons. The van der Waals surface area contributed by atoms with Crippen molar-refractivity contribution < 1.29 is 19.0 Å². The van der Waals surface area contributed by atoms with Crippen molar-refractivity contribution in [1.82, 2.24) is 9.78 Å². The Hall–Kier alpha value is -3.16. The highest BCUT2D eigenvalue weighted by Gasteiger charge is 2.33. The number of nitrogens with zero attached hydrogens (tertiary/aromatic N) is 4. The highest BCUT2D eigenvalue weighted by atomic mass is 16.6. The van der Waals surface area contributed by atoms with Gasteiger partial charge < -0.3 is 14.2 Å². The molecule has 0 N–H and O–H groups in total. The summed E-state index contributed by atoms with van der Waals surface area (Å²) >= 11 is 0. The lowest BCUT2D eigenvalue weighted by Gasteiger charge is -2.30. The minimum atomic E-state index is -0.518. The molecule has 8 heteroatoms. The molecule has 0 saturated heterocycles. The van der Waals surface area contributed by atoms with Gasteiger partial charge in [-0.1, -0.05) is 13.8 Å². The summed E-state index contributed by atoms with van der Waals surface area (Å²) in [6.07, 6.45) is 3.83. The van der Waals surface area contributed by atoms with E-state index in [-0.39, 0.29) is 17.8 Å². The first kappa shape index (κ1) is 26.9. The zero-order valence-electron chi connectivity index (χ0n) is 23.5. The van der Waals surface area contributed by atoms with Gasteiger partial charge in [0.15, 0.2) is 5.84 Å². The molecule has 1 aliphatic carbocycles. The van der Waals surface area contributed by atoms with E-state index in [0.29, 0.717) is 30.3 Å². The van der Waals surface area contributed by atoms with Gasteiger partial charge in [0.25, 0.3) is 0 Å². The fourth-order valence-electron chi connectivity index (χ4n) is 5.09. The number of hydrogen-bond donors (Lipinski definition) is 0. The van der Waals surface area contributed by atoms with Gasteiger partial charge in [-0.15, -0.1) is 0 Å². The van der Waals surface area contributed by atoms with Crippen LogP contribution in [0.15, 0.2) is 22.1 Å². The fraction of sp³-hybridized carbons (Fsp3) is 0.586. The van der Waals surface area contributed by atoms with E-state index in [2.05, 4.69) is 25.5 Å². The van der Waals surface area contributed by atoms with Gasteiger partial charge in [0.2, 0.25) is 0 Å². The molecular formula is C29H40N4O4. The molecule has 1 aromatic heterocycles. The molecule has 2 heterocycles. The number of methoxy groups -OCH3 is 2. The van der Waals surface area contributed by atoms with Crippen LogP contribution in [0.3, 0.4) is 0 Å². The Morgan fingerprint density at radius 3 is 2.41 bits per heavy atom. The number of hydrogen-bond acceptors (Lipinski definition) is 7. The normalized spacial score (nSPS) is 16.6. The van der Waals surface area contributed by atoms with E-state index in [1.807, 2.05) is 32.9 Å².